The molecule has 0 atom stereocenters. The fourth-order valence-corrected chi connectivity index (χ4v) is 2.77. The summed E-state index contributed by atoms with van der Waals surface area (Å²) in [5.41, 5.74) is 2.89. The van der Waals surface area contributed by atoms with Crippen molar-refractivity contribution >= 4 is 10.9 Å². The SMILES string of the molecule is CC(C)CCn1cc(CCCNC(C)C)c2ccccc21. The maximum Gasteiger partial charge on any atom is 0.0483 e. The molecule has 1 aromatic heterocycles. The molecule has 2 heteroatoms. The van der Waals surface area contributed by atoms with E-state index in [1.807, 2.05) is 0 Å². The molecule has 0 aliphatic heterocycles. The Kier molecular flexibility index (Phi) is 5.86. The first-order valence-corrected chi connectivity index (χ1v) is 8.38. The third-order valence-corrected chi connectivity index (χ3v) is 3.99. The predicted molar refractivity (Wildman–Crippen MR) is 92.9 cm³/mol. The van der Waals surface area contributed by atoms with Crippen molar-refractivity contribution in [2.45, 2.75) is 59.5 Å². The number of nitrogens with zero attached hydrogens (tertiary/aromatic N) is 1. The van der Waals surface area contributed by atoms with Gasteiger partial charge in [0.05, 0.1) is 0 Å². The van der Waals surface area contributed by atoms with E-state index in [0.717, 1.165) is 25.4 Å². The molecule has 0 aliphatic carbocycles. The molecule has 0 radical (unpaired) electrons. The molecule has 21 heavy (non-hydrogen) atoms. The van der Waals surface area contributed by atoms with Crippen LogP contribution in [0.2, 0.25) is 0 Å². The van der Waals surface area contributed by atoms with Gasteiger partial charge in [0.25, 0.3) is 0 Å². The molecule has 0 saturated carbocycles. The summed E-state index contributed by atoms with van der Waals surface area (Å²) >= 11 is 0. The van der Waals surface area contributed by atoms with Gasteiger partial charge < -0.3 is 9.88 Å². The second kappa shape index (κ2) is 7.65. The number of benzene rings is 1. The highest BCUT2D eigenvalue weighted by atomic mass is 15.0. The number of aryl methyl sites for hydroxylation is 2. The standard InChI is InChI=1S/C19H30N2/c1-15(2)11-13-21-14-17(8-7-12-20-16(3)4)18-9-5-6-10-19(18)21/h5-6,9-10,14-16,20H,7-8,11-13H2,1-4H3. The molecule has 2 aromatic rings. The fraction of sp³-hybridized carbons (Fsp3) is 0.579. The van der Waals surface area contributed by atoms with Crippen LogP contribution >= 0.6 is 0 Å². The van der Waals surface area contributed by atoms with Crippen molar-refractivity contribution in [3.63, 3.8) is 0 Å². The highest BCUT2D eigenvalue weighted by molar-refractivity contribution is 5.83. The van der Waals surface area contributed by atoms with Crippen LogP contribution in [0.5, 0.6) is 0 Å². The molecule has 2 rings (SSSR count). The van der Waals surface area contributed by atoms with Gasteiger partial charge in [-0.15, -0.1) is 0 Å². The minimum atomic E-state index is 0.581. The summed E-state index contributed by atoms with van der Waals surface area (Å²) in [6, 6.07) is 9.42. The Morgan fingerprint density at radius 3 is 2.57 bits per heavy atom. The Balaban J connectivity index is 2.08. The van der Waals surface area contributed by atoms with Crippen LogP contribution in [-0.4, -0.2) is 17.2 Å². The van der Waals surface area contributed by atoms with Gasteiger partial charge in [-0.25, -0.2) is 0 Å². The second-order valence-corrected chi connectivity index (χ2v) is 6.76. The molecule has 0 saturated heterocycles. The normalized spacial score (nSPS) is 11.9. The summed E-state index contributed by atoms with van der Waals surface area (Å²) in [6.07, 6.45) is 5.99. The minimum Gasteiger partial charge on any atom is -0.347 e. The maximum absolute atomic E-state index is 3.50. The van der Waals surface area contributed by atoms with Gasteiger partial charge in [-0.2, -0.15) is 0 Å². The van der Waals surface area contributed by atoms with Gasteiger partial charge in [0, 0.05) is 29.7 Å². The number of aromatic nitrogens is 1. The maximum atomic E-state index is 3.50. The molecule has 1 heterocycles. The molecule has 1 N–H and O–H groups in total. The van der Waals surface area contributed by atoms with Crippen molar-refractivity contribution < 1.29 is 0 Å². The first-order valence-electron chi connectivity index (χ1n) is 8.38. The molecule has 0 spiro atoms. The summed E-state index contributed by atoms with van der Waals surface area (Å²) in [4.78, 5) is 0. The summed E-state index contributed by atoms with van der Waals surface area (Å²) < 4.78 is 2.44. The van der Waals surface area contributed by atoms with Crippen LogP contribution < -0.4 is 5.32 Å². The van der Waals surface area contributed by atoms with Crippen molar-refractivity contribution in [3.05, 3.63) is 36.0 Å². The van der Waals surface area contributed by atoms with Crippen molar-refractivity contribution in [1.82, 2.24) is 9.88 Å². The number of para-hydroxylation sites is 1. The van der Waals surface area contributed by atoms with Crippen LogP contribution in [0.3, 0.4) is 0 Å². The lowest BCUT2D eigenvalue weighted by Crippen LogP contribution is -2.23. The number of nitrogens with one attached hydrogen (secondary N) is 1. The number of fused-ring (bicyclic) bond motifs is 1. The zero-order valence-electron chi connectivity index (χ0n) is 14.0. The van der Waals surface area contributed by atoms with Crippen LogP contribution in [0, 0.1) is 5.92 Å². The van der Waals surface area contributed by atoms with Gasteiger partial charge in [0.15, 0.2) is 0 Å². The Morgan fingerprint density at radius 1 is 1.10 bits per heavy atom. The molecule has 0 unspecified atom stereocenters. The molecule has 0 aliphatic rings. The Bertz CT molecular complexity index is 552. The Morgan fingerprint density at radius 2 is 1.86 bits per heavy atom. The largest absolute Gasteiger partial charge is 0.347 e. The van der Waals surface area contributed by atoms with E-state index in [1.54, 1.807) is 0 Å². The van der Waals surface area contributed by atoms with E-state index in [-0.39, 0.29) is 0 Å². The lowest BCUT2D eigenvalue weighted by atomic mass is 10.1. The van der Waals surface area contributed by atoms with E-state index in [1.165, 1.54) is 29.3 Å². The molecule has 1 aromatic carbocycles. The van der Waals surface area contributed by atoms with E-state index < -0.39 is 0 Å². The van der Waals surface area contributed by atoms with E-state index in [2.05, 4.69) is 68.0 Å². The van der Waals surface area contributed by atoms with Gasteiger partial charge >= 0.3 is 0 Å². The molecule has 116 valence electrons. The quantitative estimate of drug-likeness (QED) is 0.701. The van der Waals surface area contributed by atoms with Crippen molar-refractivity contribution in [3.8, 4) is 0 Å². The molecular formula is C19H30N2. The van der Waals surface area contributed by atoms with Crippen LogP contribution in [0.25, 0.3) is 10.9 Å². The summed E-state index contributed by atoms with van der Waals surface area (Å²) in [6.45, 7) is 11.2. The summed E-state index contributed by atoms with van der Waals surface area (Å²) in [7, 11) is 0. The smallest absolute Gasteiger partial charge is 0.0483 e. The molecule has 0 fully saturated rings. The van der Waals surface area contributed by atoms with Gasteiger partial charge in [0.1, 0.15) is 0 Å². The van der Waals surface area contributed by atoms with E-state index in [0.29, 0.717) is 6.04 Å². The van der Waals surface area contributed by atoms with Crippen LogP contribution in [0.15, 0.2) is 30.5 Å². The highest BCUT2D eigenvalue weighted by Crippen LogP contribution is 2.23. The average molecular weight is 286 g/mol. The molecule has 0 bridgehead atoms. The zero-order chi connectivity index (χ0) is 15.2. The summed E-state index contributed by atoms with van der Waals surface area (Å²) in [5.74, 6) is 0.754. The predicted octanol–water partition coefficient (Wildman–Crippen LogP) is 4.62. The Labute approximate surface area is 129 Å². The van der Waals surface area contributed by atoms with E-state index in [9.17, 15) is 0 Å². The van der Waals surface area contributed by atoms with Crippen molar-refractivity contribution in [2.24, 2.45) is 5.92 Å². The fourth-order valence-electron chi connectivity index (χ4n) is 2.77. The average Bonchev–Trinajstić information content (AvgIpc) is 2.80. The van der Waals surface area contributed by atoms with Crippen LogP contribution in [0.1, 0.15) is 46.1 Å². The van der Waals surface area contributed by atoms with Crippen molar-refractivity contribution in [1.29, 1.82) is 0 Å². The van der Waals surface area contributed by atoms with Crippen LogP contribution in [-0.2, 0) is 13.0 Å². The van der Waals surface area contributed by atoms with Gasteiger partial charge in [-0.1, -0.05) is 45.9 Å². The van der Waals surface area contributed by atoms with Gasteiger partial charge in [-0.05, 0) is 43.4 Å². The number of hydrogen-bond donors (Lipinski definition) is 1. The topological polar surface area (TPSA) is 17.0 Å². The molecular weight excluding hydrogens is 256 g/mol. The molecule has 0 amide bonds. The second-order valence-electron chi connectivity index (χ2n) is 6.76. The lowest BCUT2D eigenvalue weighted by Gasteiger charge is -2.07. The number of hydrogen-bond acceptors (Lipinski definition) is 1. The highest BCUT2D eigenvalue weighted by Gasteiger charge is 2.08. The first-order chi connectivity index (χ1) is 10.1. The third-order valence-electron chi connectivity index (χ3n) is 3.99. The number of rotatable bonds is 8. The van der Waals surface area contributed by atoms with E-state index >= 15 is 0 Å². The monoisotopic (exact) mass is 286 g/mol. The van der Waals surface area contributed by atoms with Gasteiger partial charge in [-0.3, -0.25) is 0 Å². The van der Waals surface area contributed by atoms with E-state index in [4.69, 9.17) is 0 Å². The van der Waals surface area contributed by atoms with Crippen molar-refractivity contribution in [2.75, 3.05) is 6.54 Å². The first kappa shape index (κ1) is 16.1. The van der Waals surface area contributed by atoms with Gasteiger partial charge in [0.2, 0.25) is 0 Å². The minimum absolute atomic E-state index is 0.581. The Hall–Kier alpha value is -1.28. The third kappa shape index (κ3) is 4.60. The molecule has 2 nitrogen and oxygen atoms in total. The summed E-state index contributed by atoms with van der Waals surface area (Å²) in [5, 5.41) is 4.94. The zero-order valence-corrected chi connectivity index (χ0v) is 14.0. The van der Waals surface area contributed by atoms with Crippen LogP contribution in [0.4, 0.5) is 0 Å². The lowest BCUT2D eigenvalue weighted by molar-refractivity contribution is 0.523.